The summed E-state index contributed by atoms with van der Waals surface area (Å²) in [5.41, 5.74) is 1.96. The molecule has 3 heterocycles. The lowest BCUT2D eigenvalue weighted by atomic mass is 9.97. The number of aliphatic hydroxyl groups excluding tert-OH is 1. The summed E-state index contributed by atoms with van der Waals surface area (Å²) in [6.07, 6.45) is 0.140. The number of carbonyl (C=O) groups excluding carboxylic acids is 2. The van der Waals surface area contributed by atoms with Crippen LogP contribution in [-0.2, 0) is 25.6 Å². The van der Waals surface area contributed by atoms with E-state index in [0.717, 1.165) is 35.8 Å². The second-order valence-corrected chi connectivity index (χ2v) is 12.3. The maximum Gasteiger partial charge on any atom is 0.417 e. The molecule has 1 aliphatic carbocycles. The zero-order valence-electron chi connectivity index (χ0n) is 23.9. The molecule has 0 spiro atoms. The van der Waals surface area contributed by atoms with Crippen molar-refractivity contribution in [3.05, 3.63) is 97.0 Å². The first kappa shape index (κ1) is 30.1. The maximum atomic E-state index is 14.2. The van der Waals surface area contributed by atoms with Crippen LogP contribution in [0.3, 0.4) is 0 Å². The lowest BCUT2D eigenvalue weighted by Crippen LogP contribution is -2.46. The summed E-state index contributed by atoms with van der Waals surface area (Å²) >= 11 is 2.93. The summed E-state index contributed by atoms with van der Waals surface area (Å²) in [6, 6.07) is 9.47. The number of halogens is 4. The zero-order chi connectivity index (χ0) is 31.5. The van der Waals surface area contributed by atoms with Crippen molar-refractivity contribution in [3.8, 4) is 5.69 Å². The van der Waals surface area contributed by atoms with Crippen molar-refractivity contribution >= 4 is 33.4 Å². The molecule has 44 heavy (non-hydrogen) atoms. The van der Waals surface area contributed by atoms with Crippen LogP contribution in [0.15, 0.2) is 57.9 Å². The molecule has 0 bridgehead atoms. The van der Waals surface area contributed by atoms with E-state index >= 15 is 0 Å². The van der Waals surface area contributed by atoms with Gasteiger partial charge >= 0.3 is 6.18 Å². The van der Waals surface area contributed by atoms with Crippen molar-refractivity contribution in [1.82, 2.24) is 24.0 Å². The number of hydrogen-bond acceptors (Lipinski definition) is 5. The predicted octanol–water partition coefficient (Wildman–Crippen LogP) is 4.83. The van der Waals surface area contributed by atoms with E-state index < -0.39 is 30.4 Å². The van der Waals surface area contributed by atoms with Crippen LogP contribution < -0.4 is 5.56 Å². The number of fused-ring (bicyclic) bond motifs is 3. The number of benzene rings is 2. The molecule has 2 amide bonds. The largest absolute Gasteiger partial charge is 0.417 e. The Morgan fingerprint density at radius 1 is 1.11 bits per heavy atom. The van der Waals surface area contributed by atoms with E-state index in [4.69, 9.17) is 0 Å². The van der Waals surface area contributed by atoms with Crippen molar-refractivity contribution in [2.45, 2.75) is 51.4 Å². The molecular weight excluding hydrogens is 643 g/mol. The molecular formula is C31H29BrF3N5O4. The first-order valence-electron chi connectivity index (χ1n) is 14.2. The van der Waals surface area contributed by atoms with Gasteiger partial charge in [0.25, 0.3) is 17.4 Å². The highest BCUT2D eigenvalue weighted by Gasteiger charge is 2.37. The Bertz CT molecular complexity index is 1850. The van der Waals surface area contributed by atoms with Gasteiger partial charge < -0.3 is 14.9 Å². The number of carbonyl (C=O) groups is 2. The van der Waals surface area contributed by atoms with Crippen LogP contribution in [0.2, 0.25) is 0 Å². The van der Waals surface area contributed by atoms with Gasteiger partial charge in [0, 0.05) is 39.8 Å². The van der Waals surface area contributed by atoms with Crippen LogP contribution in [0.4, 0.5) is 13.2 Å². The average molecular weight is 673 g/mol. The van der Waals surface area contributed by atoms with Crippen LogP contribution in [0.25, 0.3) is 11.3 Å². The molecule has 13 heteroatoms. The third-order valence-electron chi connectivity index (χ3n) is 8.36. The van der Waals surface area contributed by atoms with Gasteiger partial charge in [-0.2, -0.15) is 18.3 Å². The van der Waals surface area contributed by atoms with Gasteiger partial charge in [-0.15, -0.1) is 0 Å². The first-order chi connectivity index (χ1) is 20.9. The number of amides is 2. The number of rotatable bonds is 6. The Morgan fingerprint density at radius 3 is 2.43 bits per heavy atom. The van der Waals surface area contributed by atoms with E-state index in [-0.39, 0.29) is 34.5 Å². The van der Waals surface area contributed by atoms with Gasteiger partial charge in [-0.1, -0.05) is 15.9 Å². The number of aliphatic hydroxyl groups is 1. The minimum atomic E-state index is -4.64. The Balaban J connectivity index is 1.44. The fourth-order valence-corrected chi connectivity index (χ4v) is 6.22. The van der Waals surface area contributed by atoms with Crippen LogP contribution in [-0.4, -0.2) is 60.7 Å². The van der Waals surface area contributed by atoms with Gasteiger partial charge in [0.1, 0.15) is 12.4 Å². The zero-order valence-corrected chi connectivity index (χ0v) is 25.5. The highest BCUT2D eigenvalue weighted by atomic mass is 79.9. The summed E-state index contributed by atoms with van der Waals surface area (Å²) in [7, 11) is 1.48. The minimum absolute atomic E-state index is 0.00912. The van der Waals surface area contributed by atoms with Gasteiger partial charge in [-0.05, 0) is 81.0 Å². The maximum absolute atomic E-state index is 14.2. The second kappa shape index (κ2) is 11.2. The summed E-state index contributed by atoms with van der Waals surface area (Å²) in [6.45, 7) is 1.32. The van der Waals surface area contributed by atoms with Gasteiger partial charge in [-0.25, -0.2) is 4.52 Å². The third kappa shape index (κ3) is 5.32. The first-order valence-corrected chi connectivity index (χ1v) is 15.0. The van der Waals surface area contributed by atoms with Crippen LogP contribution in [0.1, 0.15) is 62.9 Å². The smallest absolute Gasteiger partial charge is 0.376 e. The molecule has 1 atom stereocenters. The molecule has 0 saturated heterocycles. The van der Waals surface area contributed by atoms with E-state index in [9.17, 15) is 32.7 Å². The van der Waals surface area contributed by atoms with E-state index in [0.29, 0.717) is 34.1 Å². The molecule has 1 saturated carbocycles. The summed E-state index contributed by atoms with van der Waals surface area (Å²) in [5.74, 6) is -0.459. The molecule has 6 rings (SSSR count). The molecule has 9 nitrogen and oxygen atoms in total. The number of aromatic nitrogens is 3. The molecule has 2 aliphatic rings. The molecule has 1 N–H and O–H groups in total. The van der Waals surface area contributed by atoms with Crippen molar-refractivity contribution in [2.75, 3.05) is 13.8 Å². The normalized spacial score (nSPS) is 16.7. The quantitative estimate of drug-likeness (QED) is 0.296. The van der Waals surface area contributed by atoms with Gasteiger partial charge in [-0.3, -0.25) is 19.0 Å². The van der Waals surface area contributed by atoms with Crippen molar-refractivity contribution in [2.24, 2.45) is 5.92 Å². The van der Waals surface area contributed by atoms with Crippen molar-refractivity contribution < 1.29 is 27.9 Å². The summed E-state index contributed by atoms with van der Waals surface area (Å²) in [5, 5.41) is 14.0. The monoisotopic (exact) mass is 671 g/mol. The number of nitrogens with zero attached hydrogens (tertiary/aromatic N) is 5. The Hall–Kier alpha value is -3.97. The number of hydrogen-bond donors (Lipinski definition) is 1. The Morgan fingerprint density at radius 2 is 1.80 bits per heavy atom. The van der Waals surface area contributed by atoms with Crippen LogP contribution in [0.5, 0.6) is 0 Å². The van der Waals surface area contributed by atoms with E-state index in [1.165, 1.54) is 24.1 Å². The van der Waals surface area contributed by atoms with E-state index in [2.05, 4.69) is 21.0 Å². The van der Waals surface area contributed by atoms with Crippen LogP contribution in [0, 0.1) is 5.92 Å². The molecule has 2 aromatic carbocycles. The Labute approximate surface area is 258 Å². The van der Waals surface area contributed by atoms with Gasteiger partial charge in [0.15, 0.2) is 0 Å². The fraction of sp³-hybridized carbons (Fsp3) is 0.355. The molecule has 2 aromatic heterocycles. The van der Waals surface area contributed by atoms with Gasteiger partial charge in [0.05, 0.1) is 29.7 Å². The lowest BCUT2D eigenvalue weighted by Gasteiger charge is -2.35. The SMILES string of the molecule is C[C@@H]1Cc2c(n3ncc(CC4CC4)c3n(-c3ccc(C(=O)N(C)CO)cc3)c2=O)CN1C(=O)c1ccc(Br)c(C(F)(F)F)c1. The second-order valence-electron chi connectivity index (χ2n) is 11.5. The fourth-order valence-electron chi connectivity index (χ4n) is 5.75. The molecule has 0 unspecified atom stereocenters. The van der Waals surface area contributed by atoms with E-state index in [1.54, 1.807) is 46.5 Å². The highest BCUT2D eigenvalue weighted by molar-refractivity contribution is 9.10. The van der Waals surface area contributed by atoms with Crippen LogP contribution >= 0.6 is 15.9 Å². The van der Waals surface area contributed by atoms with Gasteiger partial charge in [0.2, 0.25) is 0 Å². The summed E-state index contributed by atoms with van der Waals surface area (Å²) in [4.78, 5) is 43.0. The Kier molecular flexibility index (Phi) is 7.65. The number of alkyl halides is 3. The topological polar surface area (TPSA) is 100 Å². The molecule has 1 fully saturated rings. The lowest BCUT2D eigenvalue weighted by molar-refractivity contribution is -0.138. The van der Waals surface area contributed by atoms with Crippen molar-refractivity contribution in [1.29, 1.82) is 0 Å². The highest BCUT2D eigenvalue weighted by Crippen LogP contribution is 2.37. The molecule has 1 aliphatic heterocycles. The summed E-state index contributed by atoms with van der Waals surface area (Å²) < 4.78 is 43.8. The van der Waals surface area contributed by atoms with E-state index in [1.807, 2.05) is 0 Å². The average Bonchev–Trinajstić information content (AvgIpc) is 3.73. The molecule has 0 radical (unpaired) electrons. The van der Waals surface area contributed by atoms with Crippen molar-refractivity contribution in [3.63, 3.8) is 0 Å². The minimum Gasteiger partial charge on any atom is -0.376 e. The molecule has 4 aromatic rings. The third-order valence-corrected chi connectivity index (χ3v) is 9.05. The molecule has 230 valence electrons. The predicted molar refractivity (Wildman–Crippen MR) is 159 cm³/mol. The standard InChI is InChI=1S/C31H29BrF3N5O4/c1-17-11-23-26(15-38(17)29(43)20-7-10-25(32)24(13-20)31(33,34)35)40-27(21(14-36-40)12-18-3-4-18)39(30(23)44)22-8-5-19(6-9-22)28(42)37(2)16-41/h5-10,13-14,17-18,41H,3-4,11-12,15-16H2,1-2H3/t17-/m1/s1.